The fourth-order valence-electron chi connectivity index (χ4n) is 2.54. The van der Waals surface area contributed by atoms with Crippen LogP contribution in [-0.2, 0) is 11.2 Å². The van der Waals surface area contributed by atoms with E-state index in [0.717, 1.165) is 29.2 Å². The first kappa shape index (κ1) is 13.6. The highest BCUT2D eigenvalue weighted by Crippen LogP contribution is 2.25. The molecule has 1 aliphatic rings. The van der Waals surface area contributed by atoms with Gasteiger partial charge in [-0.2, -0.15) is 0 Å². The summed E-state index contributed by atoms with van der Waals surface area (Å²) >= 11 is 0. The Hall–Kier alpha value is -2.36. The topological polar surface area (TPSA) is 66.4 Å². The molecule has 1 saturated carbocycles. The number of carbonyl (C=O) groups excluding carboxylic acids is 1. The molecule has 1 fully saturated rings. The summed E-state index contributed by atoms with van der Waals surface area (Å²) in [7, 11) is 0. The number of carboxylic acid groups (broad SMARTS) is 1. The average Bonchev–Trinajstić information content (AvgIpc) is 3.28. The van der Waals surface area contributed by atoms with E-state index in [2.05, 4.69) is 5.32 Å². The van der Waals surface area contributed by atoms with Crippen LogP contribution in [0.4, 0.5) is 0 Å². The number of carbonyl (C=O) groups is 2. The van der Waals surface area contributed by atoms with Gasteiger partial charge in [-0.15, -0.1) is 0 Å². The number of nitrogens with one attached hydrogen (secondary N) is 1. The molecule has 0 saturated heterocycles. The summed E-state index contributed by atoms with van der Waals surface area (Å²) in [5.74, 6) is -0.944. The molecule has 2 aromatic rings. The highest BCUT2D eigenvalue weighted by molar-refractivity contribution is 6.01. The number of hydrogen-bond donors (Lipinski definition) is 2. The van der Waals surface area contributed by atoms with Gasteiger partial charge in [0.15, 0.2) is 0 Å². The van der Waals surface area contributed by atoms with Gasteiger partial charge in [0, 0.05) is 18.0 Å². The van der Waals surface area contributed by atoms with Gasteiger partial charge >= 0.3 is 5.97 Å². The van der Waals surface area contributed by atoms with Crippen LogP contribution in [0.15, 0.2) is 36.4 Å². The first-order valence-corrected chi connectivity index (χ1v) is 7.18. The van der Waals surface area contributed by atoms with Crippen LogP contribution in [0.2, 0.25) is 0 Å². The Kier molecular flexibility index (Phi) is 3.60. The average molecular weight is 283 g/mol. The molecule has 0 radical (unpaired) electrons. The number of carboxylic acids is 1. The molecule has 0 aliphatic heterocycles. The Labute approximate surface area is 122 Å². The van der Waals surface area contributed by atoms with Crippen LogP contribution in [0.5, 0.6) is 0 Å². The van der Waals surface area contributed by atoms with Crippen LogP contribution >= 0.6 is 0 Å². The van der Waals surface area contributed by atoms with Crippen molar-refractivity contribution >= 4 is 22.6 Å². The molecule has 1 amide bonds. The van der Waals surface area contributed by atoms with Gasteiger partial charge in [0.25, 0.3) is 5.91 Å². The zero-order valence-electron chi connectivity index (χ0n) is 11.6. The third-order valence-corrected chi connectivity index (χ3v) is 3.79. The normalized spacial score (nSPS) is 14.1. The number of aliphatic carboxylic acids is 1. The summed E-state index contributed by atoms with van der Waals surface area (Å²) in [6, 6.07) is 11.8. The maximum Gasteiger partial charge on any atom is 0.303 e. The number of benzene rings is 2. The van der Waals surface area contributed by atoms with Crippen molar-refractivity contribution in [1.29, 1.82) is 0 Å². The van der Waals surface area contributed by atoms with Crippen molar-refractivity contribution in [2.45, 2.75) is 31.7 Å². The van der Waals surface area contributed by atoms with Crippen LogP contribution in [0.3, 0.4) is 0 Å². The quantitative estimate of drug-likeness (QED) is 0.886. The van der Waals surface area contributed by atoms with E-state index < -0.39 is 5.97 Å². The second kappa shape index (κ2) is 5.56. The van der Waals surface area contributed by atoms with Crippen molar-refractivity contribution in [3.8, 4) is 0 Å². The highest BCUT2D eigenvalue weighted by Gasteiger charge is 2.25. The molecule has 0 aromatic heterocycles. The van der Waals surface area contributed by atoms with Crippen LogP contribution in [0, 0.1) is 0 Å². The lowest BCUT2D eigenvalue weighted by Crippen LogP contribution is -2.26. The minimum Gasteiger partial charge on any atom is -0.481 e. The Bertz CT molecular complexity index is 704. The molecule has 0 atom stereocenters. The first-order chi connectivity index (χ1) is 10.1. The van der Waals surface area contributed by atoms with Gasteiger partial charge in [0.1, 0.15) is 0 Å². The molecule has 2 N–H and O–H groups in total. The lowest BCUT2D eigenvalue weighted by atomic mass is 9.95. The van der Waals surface area contributed by atoms with Crippen molar-refractivity contribution < 1.29 is 14.7 Å². The number of fused-ring (bicyclic) bond motifs is 1. The summed E-state index contributed by atoms with van der Waals surface area (Å²) in [6.07, 6.45) is 2.45. The van der Waals surface area contributed by atoms with Crippen LogP contribution < -0.4 is 5.32 Å². The van der Waals surface area contributed by atoms with Crippen LogP contribution in [0.25, 0.3) is 10.8 Å². The smallest absolute Gasteiger partial charge is 0.303 e. The van der Waals surface area contributed by atoms with Gasteiger partial charge in [-0.3, -0.25) is 9.59 Å². The molecule has 0 unspecified atom stereocenters. The SMILES string of the molecule is O=C(O)CCc1c(C(=O)NC2CC2)ccc2ccccc12. The Morgan fingerprint density at radius 1 is 1.14 bits per heavy atom. The number of rotatable bonds is 5. The van der Waals surface area contributed by atoms with Crippen LogP contribution in [-0.4, -0.2) is 23.0 Å². The predicted molar refractivity (Wildman–Crippen MR) is 80.4 cm³/mol. The zero-order valence-corrected chi connectivity index (χ0v) is 11.6. The van der Waals surface area contributed by atoms with Crippen molar-refractivity contribution in [2.75, 3.05) is 0 Å². The second-order valence-corrected chi connectivity index (χ2v) is 5.45. The highest BCUT2D eigenvalue weighted by atomic mass is 16.4. The molecule has 21 heavy (non-hydrogen) atoms. The van der Waals surface area contributed by atoms with Crippen molar-refractivity contribution in [2.24, 2.45) is 0 Å². The minimum atomic E-state index is -0.850. The molecule has 2 aromatic carbocycles. The zero-order chi connectivity index (χ0) is 14.8. The molecule has 0 spiro atoms. The summed E-state index contributed by atoms with van der Waals surface area (Å²) < 4.78 is 0. The molecule has 0 bridgehead atoms. The van der Waals surface area contributed by atoms with Crippen LogP contribution in [0.1, 0.15) is 35.2 Å². The lowest BCUT2D eigenvalue weighted by molar-refractivity contribution is -0.136. The third kappa shape index (κ3) is 3.05. The number of amides is 1. The summed E-state index contributed by atoms with van der Waals surface area (Å²) in [6.45, 7) is 0. The largest absolute Gasteiger partial charge is 0.481 e. The molecule has 4 heteroatoms. The van der Waals surface area contributed by atoms with Crippen molar-refractivity contribution in [1.82, 2.24) is 5.32 Å². The maximum atomic E-state index is 12.3. The molecule has 3 rings (SSSR count). The Morgan fingerprint density at radius 3 is 2.62 bits per heavy atom. The van der Waals surface area contributed by atoms with E-state index in [1.807, 2.05) is 30.3 Å². The second-order valence-electron chi connectivity index (χ2n) is 5.45. The van der Waals surface area contributed by atoms with Gasteiger partial charge in [0.2, 0.25) is 0 Å². The van der Waals surface area contributed by atoms with E-state index in [9.17, 15) is 9.59 Å². The fraction of sp³-hybridized carbons (Fsp3) is 0.294. The van der Waals surface area contributed by atoms with Gasteiger partial charge in [0.05, 0.1) is 0 Å². The molecule has 0 heterocycles. The standard InChI is InChI=1S/C17H17NO3/c19-16(20)10-9-14-13-4-2-1-3-11(13)5-8-15(14)17(21)18-12-6-7-12/h1-5,8,12H,6-7,9-10H2,(H,18,21)(H,19,20). The van der Waals surface area contributed by atoms with E-state index in [-0.39, 0.29) is 18.4 Å². The lowest BCUT2D eigenvalue weighted by Gasteiger charge is -2.12. The summed E-state index contributed by atoms with van der Waals surface area (Å²) in [5, 5.41) is 13.9. The van der Waals surface area contributed by atoms with Gasteiger partial charge in [-0.1, -0.05) is 30.3 Å². The summed E-state index contributed by atoms with van der Waals surface area (Å²) in [5.41, 5.74) is 1.43. The van der Waals surface area contributed by atoms with Gasteiger partial charge in [-0.05, 0) is 41.7 Å². The first-order valence-electron chi connectivity index (χ1n) is 7.18. The van der Waals surface area contributed by atoms with Gasteiger partial charge < -0.3 is 10.4 Å². The Morgan fingerprint density at radius 2 is 1.90 bits per heavy atom. The third-order valence-electron chi connectivity index (χ3n) is 3.79. The predicted octanol–water partition coefficient (Wildman–Crippen LogP) is 2.75. The Balaban J connectivity index is 2.01. The van der Waals surface area contributed by atoms with Crippen molar-refractivity contribution in [3.63, 3.8) is 0 Å². The molecule has 108 valence electrons. The molecular weight excluding hydrogens is 266 g/mol. The monoisotopic (exact) mass is 283 g/mol. The van der Waals surface area contributed by atoms with E-state index in [4.69, 9.17) is 5.11 Å². The minimum absolute atomic E-state index is 0.0255. The van der Waals surface area contributed by atoms with E-state index in [1.165, 1.54) is 0 Å². The fourth-order valence-corrected chi connectivity index (χ4v) is 2.54. The summed E-state index contributed by atoms with van der Waals surface area (Å²) in [4.78, 5) is 23.2. The van der Waals surface area contributed by atoms with Crippen molar-refractivity contribution in [3.05, 3.63) is 47.5 Å². The molecular formula is C17H17NO3. The number of hydrogen-bond acceptors (Lipinski definition) is 2. The molecule has 1 aliphatic carbocycles. The number of aryl methyl sites for hydroxylation is 1. The van der Waals surface area contributed by atoms with Gasteiger partial charge in [-0.25, -0.2) is 0 Å². The molecule has 4 nitrogen and oxygen atoms in total. The maximum absolute atomic E-state index is 12.3. The van der Waals surface area contributed by atoms with E-state index >= 15 is 0 Å². The van der Waals surface area contributed by atoms with E-state index in [0.29, 0.717) is 12.0 Å². The van der Waals surface area contributed by atoms with E-state index in [1.54, 1.807) is 6.07 Å².